The third-order valence-corrected chi connectivity index (χ3v) is 4.52. The smallest absolute Gasteiger partial charge is 0.226 e. The highest BCUT2D eigenvalue weighted by Gasteiger charge is 2.12. The molecular formula is C15H20BrN5O2S. The first kappa shape index (κ1) is 18.9. The lowest BCUT2D eigenvalue weighted by atomic mass is 10.2. The zero-order valence-electron chi connectivity index (χ0n) is 13.8. The van der Waals surface area contributed by atoms with Crippen LogP contribution in [-0.2, 0) is 16.6 Å². The summed E-state index contributed by atoms with van der Waals surface area (Å²) < 4.78 is 7.92. The minimum Gasteiger partial charge on any atom is -0.381 e. The van der Waals surface area contributed by atoms with Gasteiger partial charge >= 0.3 is 0 Å². The highest BCUT2D eigenvalue weighted by Crippen LogP contribution is 2.33. The van der Waals surface area contributed by atoms with Crippen molar-refractivity contribution in [2.24, 2.45) is 13.0 Å². The van der Waals surface area contributed by atoms with Crippen LogP contribution >= 0.6 is 27.7 Å². The quantitative estimate of drug-likeness (QED) is 0.669. The number of carbonyl (C=O) groups is 1. The van der Waals surface area contributed by atoms with Crippen LogP contribution in [0.1, 0.15) is 20.3 Å². The number of carbonyl (C=O) groups excluding carboxylic acids is 1. The zero-order chi connectivity index (χ0) is 17.5. The van der Waals surface area contributed by atoms with Crippen LogP contribution in [0.2, 0.25) is 0 Å². The van der Waals surface area contributed by atoms with Crippen LogP contribution in [0.3, 0.4) is 0 Å². The minimum absolute atomic E-state index is 0.0882. The summed E-state index contributed by atoms with van der Waals surface area (Å²) in [6.07, 6.45) is 0.314. The lowest BCUT2D eigenvalue weighted by molar-refractivity contribution is -0.117. The van der Waals surface area contributed by atoms with Gasteiger partial charge in [0.1, 0.15) is 0 Å². The van der Waals surface area contributed by atoms with Gasteiger partial charge in [0.2, 0.25) is 11.1 Å². The lowest BCUT2D eigenvalue weighted by Crippen LogP contribution is -2.15. The molecule has 1 N–H and O–H groups in total. The number of rotatable bonds is 8. The molecule has 24 heavy (non-hydrogen) atoms. The Hall–Kier alpha value is -1.45. The summed E-state index contributed by atoms with van der Waals surface area (Å²) in [5.41, 5.74) is 0.714. The molecule has 0 radical (unpaired) electrons. The van der Waals surface area contributed by atoms with Crippen molar-refractivity contribution in [1.29, 1.82) is 0 Å². The summed E-state index contributed by atoms with van der Waals surface area (Å²) in [5, 5.41) is 14.9. The fourth-order valence-electron chi connectivity index (χ4n) is 1.79. The summed E-state index contributed by atoms with van der Waals surface area (Å²) in [6, 6.07) is 5.68. The number of hydrogen-bond acceptors (Lipinski definition) is 6. The van der Waals surface area contributed by atoms with Crippen molar-refractivity contribution in [3.05, 3.63) is 22.7 Å². The predicted molar refractivity (Wildman–Crippen MR) is 96.0 cm³/mol. The van der Waals surface area contributed by atoms with Crippen molar-refractivity contribution in [3.8, 4) is 0 Å². The molecule has 9 heteroatoms. The SMILES string of the molecule is CC(C)COCCC(=O)Nc1cc(Br)ccc1Sc1nnnn1C. The van der Waals surface area contributed by atoms with Crippen LogP contribution in [0.25, 0.3) is 0 Å². The van der Waals surface area contributed by atoms with Gasteiger partial charge < -0.3 is 10.1 Å². The number of ether oxygens (including phenoxy) is 1. The Bertz CT molecular complexity index is 692. The molecule has 0 fully saturated rings. The zero-order valence-corrected chi connectivity index (χ0v) is 16.2. The molecule has 0 aliphatic carbocycles. The molecule has 0 aliphatic heterocycles. The van der Waals surface area contributed by atoms with Crippen LogP contribution in [0.4, 0.5) is 5.69 Å². The number of aromatic nitrogens is 4. The van der Waals surface area contributed by atoms with Crippen molar-refractivity contribution >= 4 is 39.3 Å². The van der Waals surface area contributed by atoms with Crippen LogP contribution in [0, 0.1) is 5.92 Å². The van der Waals surface area contributed by atoms with E-state index in [0.717, 1.165) is 9.37 Å². The van der Waals surface area contributed by atoms with Gasteiger partial charge in [-0.25, -0.2) is 4.68 Å². The third-order valence-electron chi connectivity index (χ3n) is 2.92. The first-order valence-corrected chi connectivity index (χ1v) is 9.14. The molecule has 0 spiro atoms. The van der Waals surface area contributed by atoms with Gasteiger partial charge in [0.25, 0.3) is 0 Å². The third kappa shape index (κ3) is 5.88. The fraction of sp³-hybridized carbons (Fsp3) is 0.467. The van der Waals surface area contributed by atoms with Crippen molar-refractivity contribution in [3.63, 3.8) is 0 Å². The monoisotopic (exact) mass is 413 g/mol. The van der Waals surface area contributed by atoms with E-state index >= 15 is 0 Å². The molecule has 0 saturated carbocycles. The second-order valence-electron chi connectivity index (χ2n) is 5.59. The van der Waals surface area contributed by atoms with Crippen molar-refractivity contribution < 1.29 is 9.53 Å². The Morgan fingerprint density at radius 2 is 2.25 bits per heavy atom. The van der Waals surface area contributed by atoms with Gasteiger partial charge in [-0.2, -0.15) is 0 Å². The molecule has 0 aliphatic rings. The molecule has 0 unspecified atom stereocenters. The molecule has 0 atom stereocenters. The summed E-state index contributed by atoms with van der Waals surface area (Å²) in [6.45, 7) is 5.22. The van der Waals surface area contributed by atoms with Crippen molar-refractivity contribution in [2.45, 2.75) is 30.3 Å². The van der Waals surface area contributed by atoms with E-state index in [0.29, 0.717) is 36.4 Å². The summed E-state index contributed by atoms with van der Waals surface area (Å²) >= 11 is 4.82. The van der Waals surface area contributed by atoms with Crippen molar-refractivity contribution in [1.82, 2.24) is 20.2 Å². The van der Waals surface area contributed by atoms with Crippen molar-refractivity contribution in [2.75, 3.05) is 18.5 Å². The van der Waals surface area contributed by atoms with Crippen LogP contribution in [0.15, 0.2) is 32.7 Å². The van der Waals surface area contributed by atoms with Gasteiger partial charge in [0, 0.05) is 23.0 Å². The molecule has 2 rings (SSSR count). The van der Waals surface area contributed by atoms with Crippen LogP contribution in [0.5, 0.6) is 0 Å². The Balaban J connectivity index is 1.99. The highest BCUT2D eigenvalue weighted by atomic mass is 79.9. The van der Waals surface area contributed by atoms with E-state index in [4.69, 9.17) is 4.74 Å². The number of nitrogens with zero attached hydrogens (tertiary/aromatic N) is 4. The Kier molecular flexibility index (Phi) is 7.19. The molecule has 0 bridgehead atoms. The number of hydrogen-bond donors (Lipinski definition) is 1. The second-order valence-corrected chi connectivity index (χ2v) is 7.52. The molecule has 2 aromatic rings. The number of tetrazole rings is 1. The predicted octanol–water partition coefficient (Wildman–Crippen LogP) is 3.13. The first-order valence-electron chi connectivity index (χ1n) is 7.53. The van der Waals surface area contributed by atoms with Gasteiger partial charge in [0.05, 0.1) is 18.7 Å². The van der Waals surface area contributed by atoms with E-state index in [2.05, 4.69) is 50.6 Å². The van der Waals surface area contributed by atoms with E-state index in [1.54, 1.807) is 11.7 Å². The normalized spacial score (nSPS) is 11.0. The standard InChI is InChI=1S/C15H20BrN5O2S/c1-10(2)9-23-7-6-14(22)17-12-8-11(16)4-5-13(12)24-15-18-19-20-21(15)3/h4-5,8,10H,6-7,9H2,1-3H3,(H,17,22). The number of nitrogens with one attached hydrogen (secondary N) is 1. The maximum Gasteiger partial charge on any atom is 0.226 e. The van der Waals surface area contributed by atoms with E-state index in [1.807, 2.05) is 18.2 Å². The maximum atomic E-state index is 12.1. The molecule has 0 saturated heterocycles. The Labute approximate surface area is 153 Å². The summed E-state index contributed by atoms with van der Waals surface area (Å²) in [4.78, 5) is 13.0. The summed E-state index contributed by atoms with van der Waals surface area (Å²) in [5.74, 6) is 0.371. The number of benzene rings is 1. The van der Waals surface area contributed by atoms with E-state index in [9.17, 15) is 4.79 Å². The molecule has 1 amide bonds. The number of aryl methyl sites for hydroxylation is 1. The van der Waals surface area contributed by atoms with E-state index in [1.165, 1.54) is 11.8 Å². The molecule has 7 nitrogen and oxygen atoms in total. The van der Waals surface area contributed by atoms with Crippen LogP contribution in [-0.4, -0.2) is 39.3 Å². The van der Waals surface area contributed by atoms with Gasteiger partial charge in [-0.15, -0.1) is 5.10 Å². The van der Waals surface area contributed by atoms with Gasteiger partial charge in [-0.1, -0.05) is 29.8 Å². The maximum absolute atomic E-state index is 12.1. The second kappa shape index (κ2) is 9.14. The lowest BCUT2D eigenvalue weighted by Gasteiger charge is -2.11. The minimum atomic E-state index is -0.0882. The number of amides is 1. The average Bonchev–Trinajstić information content (AvgIpc) is 2.91. The molecule has 130 valence electrons. The topological polar surface area (TPSA) is 81.9 Å². The first-order chi connectivity index (χ1) is 11.5. The average molecular weight is 414 g/mol. The highest BCUT2D eigenvalue weighted by molar-refractivity contribution is 9.10. The Morgan fingerprint density at radius 3 is 2.92 bits per heavy atom. The fourth-order valence-corrected chi connectivity index (χ4v) is 2.95. The largest absolute Gasteiger partial charge is 0.381 e. The van der Waals surface area contributed by atoms with Gasteiger partial charge in [0.15, 0.2) is 0 Å². The molecular weight excluding hydrogens is 394 g/mol. The van der Waals surface area contributed by atoms with E-state index < -0.39 is 0 Å². The molecule has 1 aromatic carbocycles. The molecule has 1 heterocycles. The number of halogens is 1. The Morgan fingerprint density at radius 1 is 1.46 bits per heavy atom. The van der Waals surface area contributed by atoms with Gasteiger partial charge in [-0.3, -0.25) is 4.79 Å². The van der Waals surface area contributed by atoms with Gasteiger partial charge in [-0.05, 0) is 46.3 Å². The molecule has 1 aromatic heterocycles. The van der Waals surface area contributed by atoms with Crippen LogP contribution < -0.4 is 5.32 Å². The van der Waals surface area contributed by atoms with E-state index in [-0.39, 0.29) is 5.91 Å². The summed E-state index contributed by atoms with van der Waals surface area (Å²) in [7, 11) is 1.77. The number of anilines is 1.